The maximum Gasteiger partial charge on any atom is 0.187 e. The molecule has 0 bridgehead atoms. The number of hydrogen-bond donors (Lipinski definition) is 9. The lowest BCUT2D eigenvalue weighted by Crippen LogP contribution is -2.65. The van der Waals surface area contributed by atoms with E-state index in [0.717, 1.165) is 38.5 Å². The molecule has 13 nitrogen and oxygen atoms in total. The first kappa shape index (κ1) is 42.6. The third kappa shape index (κ3) is 6.18. The van der Waals surface area contributed by atoms with Crippen LogP contribution in [0.2, 0.25) is 0 Å². The van der Waals surface area contributed by atoms with Crippen molar-refractivity contribution in [2.75, 3.05) is 6.61 Å². The molecule has 2 spiro atoms. The molecule has 318 valence electrons. The Morgan fingerprint density at radius 2 is 1.40 bits per heavy atom. The molecule has 5 aliphatic carbocycles. The maximum atomic E-state index is 12.5. The molecule has 2 aliphatic heterocycles. The van der Waals surface area contributed by atoms with Crippen molar-refractivity contribution in [3.8, 4) is 0 Å². The highest BCUT2D eigenvalue weighted by Gasteiger charge is 2.85. The largest absolute Gasteiger partial charge is 0.394 e. The van der Waals surface area contributed by atoms with E-state index in [1.54, 1.807) is 0 Å². The average molecular weight is 785 g/mol. The van der Waals surface area contributed by atoms with Crippen LogP contribution in [0.5, 0.6) is 0 Å². The molecule has 0 amide bonds. The molecule has 0 aromatic heterocycles. The molecule has 0 aromatic rings. The monoisotopic (exact) mass is 784 g/mol. The zero-order valence-electron chi connectivity index (χ0n) is 34.2. The summed E-state index contributed by atoms with van der Waals surface area (Å²) >= 11 is 0. The van der Waals surface area contributed by atoms with E-state index in [9.17, 15) is 46.0 Å². The minimum Gasteiger partial charge on any atom is -0.394 e. The Bertz CT molecular complexity index is 1380. The molecule has 0 unspecified atom stereocenters. The number of aliphatic hydroxyl groups is 9. The summed E-state index contributed by atoms with van der Waals surface area (Å²) in [5.74, 6) is 0.886. The van der Waals surface area contributed by atoms with Gasteiger partial charge < -0.3 is 64.9 Å². The van der Waals surface area contributed by atoms with Crippen LogP contribution >= 0.6 is 0 Å². The molecule has 2 heterocycles. The zero-order chi connectivity index (χ0) is 40.4. The molecule has 5 saturated carbocycles. The number of ether oxygens (including phenoxy) is 4. The molecule has 7 fully saturated rings. The highest BCUT2D eigenvalue weighted by molar-refractivity contribution is 5.33. The van der Waals surface area contributed by atoms with E-state index in [1.807, 2.05) is 13.8 Å². The number of rotatable bonds is 10. The normalized spacial score (nSPS) is 55.5. The summed E-state index contributed by atoms with van der Waals surface area (Å²) in [6.45, 7) is 16.3. The second-order valence-electron chi connectivity index (χ2n) is 20.7. The minimum absolute atomic E-state index is 0.0378. The standard InChI is InChI=1S/C42H72O13/c1-19(2)22(44)10-9-20(3)29-23(45)15-39(7)26-12-11-25-38(5,6)28(13-14-41(25)18-42(26,41)27(46)16-40(29,39)8)54-37-35(33(50)31(48)24(17-43)53-37)55-36-34(51)32(49)30(47)21(4)52-36/h19-37,43-51H,9-18H2,1-8H3/t20-,21+,22+,23+,24-,25+,26+,27-,28+,29+,30+,31-,32-,33+,34-,35-,36+,37+,39+,40-,41-,42+/m1/s1. The summed E-state index contributed by atoms with van der Waals surface area (Å²) in [6, 6.07) is 0. The van der Waals surface area contributed by atoms with Crippen molar-refractivity contribution in [2.24, 2.45) is 56.7 Å². The van der Waals surface area contributed by atoms with Gasteiger partial charge in [-0.3, -0.25) is 0 Å². The summed E-state index contributed by atoms with van der Waals surface area (Å²) < 4.78 is 24.5. The van der Waals surface area contributed by atoms with Gasteiger partial charge in [-0.2, -0.15) is 0 Å². The molecule has 13 heteroatoms. The van der Waals surface area contributed by atoms with E-state index in [4.69, 9.17) is 18.9 Å². The van der Waals surface area contributed by atoms with Crippen LogP contribution in [-0.2, 0) is 18.9 Å². The first-order valence-corrected chi connectivity index (χ1v) is 21.3. The van der Waals surface area contributed by atoms with Crippen molar-refractivity contribution in [1.82, 2.24) is 0 Å². The molecule has 7 rings (SSSR count). The summed E-state index contributed by atoms with van der Waals surface area (Å²) in [6.07, 6.45) is -8.43. The number of aliphatic hydroxyl groups excluding tert-OH is 9. The van der Waals surface area contributed by atoms with E-state index in [0.29, 0.717) is 19.3 Å². The third-order valence-corrected chi connectivity index (χ3v) is 17.6. The summed E-state index contributed by atoms with van der Waals surface area (Å²) in [5, 5.41) is 98.4. The van der Waals surface area contributed by atoms with Crippen molar-refractivity contribution in [1.29, 1.82) is 0 Å². The first-order valence-electron chi connectivity index (χ1n) is 21.3. The van der Waals surface area contributed by atoms with Crippen LogP contribution in [0, 0.1) is 56.7 Å². The van der Waals surface area contributed by atoms with Crippen molar-refractivity contribution >= 4 is 0 Å². The Balaban J connectivity index is 1.11. The molecule has 2 saturated heterocycles. The predicted molar refractivity (Wildman–Crippen MR) is 199 cm³/mol. The predicted octanol–water partition coefficient (Wildman–Crippen LogP) is 1.84. The van der Waals surface area contributed by atoms with Gasteiger partial charge in [0.05, 0.1) is 37.1 Å². The van der Waals surface area contributed by atoms with Crippen LogP contribution in [0.15, 0.2) is 0 Å². The van der Waals surface area contributed by atoms with Crippen LogP contribution in [-0.4, -0.2) is 138 Å². The van der Waals surface area contributed by atoms with Gasteiger partial charge in [0.25, 0.3) is 0 Å². The van der Waals surface area contributed by atoms with E-state index in [2.05, 4.69) is 34.6 Å². The van der Waals surface area contributed by atoms with E-state index < -0.39 is 85.6 Å². The Morgan fingerprint density at radius 1 is 0.727 bits per heavy atom. The molecule has 22 atom stereocenters. The van der Waals surface area contributed by atoms with Gasteiger partial charge in [-0.05, 0) is 116 Å². The quantitative estimate of drug-likeness (QED) is 0.145. The van der Waals surface area contributed by atoms with Gasteiger partial charge in [0.15, 0.2) is 12.6 Å². The van der Waals surface area contributed by atoms with E-state index in [1.165, 1.54) is 6.92 Å². The van der Waals surface area contributed by atoms with Crippen LogP contribution in [0.25, 0.3) is 0 Å². The smallest absolute Gasteiger partial charge is 0.187 e. The summed E-state index contributed by atoms with van der Waals surface area (Å²) in [4.78, 5) is 0. The Hall–Kier alpha value is -0.520. The Kier molecular flexibility index (Phi) is 11.3. The van der Waals surface area contributed by atoms with Gasteiger partial charge in [0.1, 0.15) is 42.7 Å². The van der Waals surface area contributed by atoms with E-state index >= 15 is 0 Å². The second-order valence-corrected chi connectivity index (χ2v) is 20.7. The molecular formula is C42H72O13. The molecule has 9 N–H and O–H groups in total. The van der Waals surface area contributed by atoms with E-state index in [-0.39, 0.29) is 63.5 Å². The molecule has 55 heavy (non-hydrogen) atoms. The van der Waals surface area contributed by atoms with Gasteiger partial charge in [-0.1, -0.05) is 48.5 Å². The van der Waals surface area contributed by atoms with Gasteiger partial charge in [0.2, 0.25) is 0 Å². The third-order valence-electron chi connectivity index (χ3n) is 17.6. The van der Waals surface area contributed by atoms with Crippen LogP contribution in [0.1, 0.15) is 113 Å². The Morgan fingerprint density at radius 3 is 2.05 bits per heavy atom. The average Bonchev–Trinajstić information content (AvgIpc) is 3.76. The fraction of sp³-hybridized carbons (Fsp3) is 1.00. The first-order chi connectivity index (χ1) is 25.6. The van der Waals surface area contributed by atoms with Crippen molar-refractivity contribution in [3.63, 3.8) is 0 Å². The lowest BCUT2D eigenvalue weighted by Gasteiger charge is -2.64. The van der Waals surface area contributed by atoms with Gasteiger partial charge in [-0.25, -0.2) is 0 Å². The zero-order valence-corrected chi connectivity index (χ0v) is 34.2. The summed E-state index contributed by atoms with van der Waals surface area (Å²) in [7, 11) is 0. The molecule has 0 radical (unpaired) electrons. The van der Waals surface area contributed by atoms with Crippen molar-refractivity contribution < 1.29 is 64.9 Å². The van der Waals surface area contributed by atoms with Gasteiger partial charge >= 0.3 is 0 Å². The lowest BCUT2D eigenvalue weighted by molar-refractivity contribution is -0.375. The highest BCUT2D eigenvalue weighted by atomic mass is 16.8. The van der Waals surface area contributed by atoms with Crippen molar-refractivity contribution in [2.45, 2.75) is 199 Å². The number of fused-ring (bicyclic) bond motifs is 2. The van der Waals surface area contributed by atoms with Crippen LogP contribution < -0.4 is 0 Å². The van der Waals surface area contributed by atoms with Gasteiger partial charge in [0, 0.05) is 5.41 Å². The SMILES string of the molecule is CC(C)[C@@H](O)CC[C@@H](C)[C@H]1[C@@H](O)C[C@@]2(C)[C@@H]3CC[C@H]4C(C)(C)[C@@H](O[C@@H]5O[C@H](CO)[C@@H](O)[C@H](O)[C@H]5O[C@@H]5O[C@@H](C)[C@H](O)[C@@H](O)[C@H]5O)CC[C@@]45C[C@@]35[C@H](O)C[C@]12C. The Labute approximate surface area is 326 Å². The molecule has 7 aliphatic rings. The maximum absolute atomic E-state index is 12.5. The second kappa shape index (κ2) is 14.6. The van der Waals surface area contributed by atoms with Crippen LogP contribution in [0.4, 0.5) is 0 Å². The fourth-order valence-corrected chi connectivity index (χ4v) is 14.4. The molecule has 0 aromatic carbocycles. The summed E-state index contributed by atoms with van der Waals surface area (Å²) in [5.41, 5.74) is -1.18. The lowest BCUT2D eigenvalue weighted by atomic mass is 9.41. The minimum atomic E-state index is -1.65. The van der Waals surface area contributed by atoms with Crippen LogP contribution in [0.3, 0.4) is 0 Å². The fourth-order valence-electron chi connectivity index (χ4n) is 14.4. The molecular weight excluding hydrogens is 712 g/mol. The number of hydrogen-bond acceptors (Lipinski definition) is 13. The van der Waals surface area contributed by atoms with Gasteiger partial charge in [-0.15, -0.1) is 0 Å². The van der Waals surface area contributed by atoms with Crippen molar-refractivity contribution in [3.05, 3.63) is 0 Å². The topological polar surface area (TPSA) is 219 Å². The highest BCUT2D eigenvalue weighted by Crippen LogP contribution is 2.89.